The van der Waals surface area contributed by atoms with E-state index in [4.69, 9.17) is 0 Å². The van der Waals surface area contributed by atoms with Gasteiger partial charge >= 0.3 is 0 Å². The predicted octanol–water partition coefficient (Wildman–Crippen LogP) is 12.4. The zero-order chi connectivity index (χ0) is 27.6. The molecule has 0 saturated heterocycles. The lowest BCUT2D eigenvalue weighted by atomic mass is 10.0. The third kappa shape index (κ3) is 16.4. The summed E-state index contributed by atoms with van der Waals surface area (Å²) in [6.07, 6.45) is 40.7. The number of para-hydroxylation sites is 1. The van der Waals surface area contributed by atoms with Gasteiger partial charge < -0.3 is 9.80 Å². The molecule has 1 aromatic rings. The van der Waals surface area contributed by atoms with E-state index in [0.29, 0.717) is 6.17 Å². The minimum absolute atomic E-state index is 0.504. The molecule has 0 spiro atoms. The second-order valence-electron chi connectivity index (χ2n) is 12.3. The van der Waals surface area contributed by atoms with Crippen LogP contribution in [0.3, 0.4) is 0 Å². The number of nitrogens with zero attached hydrogens (tertiary/aromatic N) is 2. The highest BCUT2D eigenvalue weighted by Gasteiger charge is 2.26. The molecule has 39 heavy (non-hydrogen) atoms. The van der Waals surface area contributed by atoms with Crippen LogP contribution in [0.2, 0.25) is 0 Å². The van der Waals surface area contributed by atoms with Crippen LogP contribution in [0, 0.1) is 0 Å². The molecule has 2 rings (SSSR count). The summed E-state index contributed by atoms with van der Waals surface area (Å²) in [6, 6.07) is 11.0. The Morgan fingerprint density at radius 3 is 1.33 bits per heavy atom. The average molecular weight is 539 g/mol. The van der Waals surface area contributed by atoms with Crippen molar-refractivity contribution >= 4 is 5.69 Å². The van der Waals surface area contributed by atoms with Crippen LogP contribution in [-0.2, 0) is 0 Å². The van der Waals surface area contributed by atoms with Crippen molar-refractivity contribution in [1.82, 2.24) is 4.90 Å². The first-order valence-electron chi connectivity index (χ1n) is 17.6. The van der Waals surface area contributed by atoms with Crippen LogP contribution in [0.25, 0.3) is 0 Å². The highest BCUT2D eigenvalue weighted by Crippen LogP contribution is 2.28. The van der Waals surface area contributed by atoms with E-state index in [0.717, 1.165) is 0 Å². The van der Waals surface area contributed by atoms with Crippen LogP contribution in [0.4, 0.5) is 5.69 Å². The zero-order valence-corrected chi connectivity index (χ0v) is 26.4. The Morgan fingerprint density at radius 2 is 0.872 bits per heavy atom. The van der Waals surface area contributed by atoms with Crippen molar-refractivity contribution in [3.8, 4) is 0 Å². The average Bonchev–Trinajstić information content (AvgIpc) is 3.37. The third-order valence-corrected chi connectivity index (χ3v) is 8.76. The SMILES string of the molecule is CCCCCCCCCCCCCCCCCCCC1N(CCCCCCCCC)C=CN1c1ccccc1. The zero-order valence-electron chi connectivity index (χ0n) is 26.4. The summed E-state index contributed by atoms with van der Waals surface area (Å²) in [4.78, 5) is 5.15. The number of benzene rings is 1. The van der Waals surface area contributed by atoms with Gasteiger partial charge in [0.15, 0.2) is 0 Å². The Labute approximate surface area is 245 Å². The molecule has 2 heteroatoms. The van der Waals surface area contributed by atoms with Crippen LogP contribution in [-0.4, -0.2) is 17.6 Å². The van der Waals surface area contributed by atoms with Crippen LogP contribution in [0.15, 0.2) is 42.7 Å². The van der Waals surface area contributed by atoms with Gasteiger partial charge in [-0.1, -0.05) is 173 Å². The Bertz CT molecular complexity index is 669. The van der Waals surface area contributed by atoms with Gasteiger partial charge in [0.1, 0.15) is 6.17 Å². The predicted molar refractivity (Wildman–Crippen MR) is 175 cm³/mol. The maximum absolute atomic E-state index is 2.63. The Balaban J connectivity index is 1.51. The van der Waals surface area contributed by atoms with Crippen molar-refractivity contribution in [3.05, 3.63) is 42.7 Å². The van der Waals surface area contributed by atoms with Crippen molar-refractivity contribution in [2.45, 2.75) is 181 Å². The van der Waals surface area contributed by atoms with E-state index in [9.17, 15) is 0 Å². The molecule has 0 N–H and O–H groups in total. The summed E-state index contributed by atoms with van der Waals surface area (Å²) < 4.78 is 0. The van der Waals surface area contributed by atoms with Crippen LogP contribution in [0.1, 0.15) is 174 Å². The van der Waals surface area contributed by atoms with Gasteiger partial charge in [0.05, 0.1) is 0 Å². The smallest absolute Gasteiger partial charge is 0.105 e. The molecule has 0 fully saturated rings. The van der Waals surface area contributed by atoms with Gasteiger partial charge in [-0.25, -0.2) is 0 Å². The quantitative estimate of drug-likeness (QED) is 0.103. The van der Waals surface area contributed by atoms with Gasteiger partial charge in [-0.15, -0.1) is 0 Å². The summed E-state index contributed by atoms with van der Waals surface area (Å²) in [5, 5.41) is 0. The van der Waals surface area contributed by atoms with E-state index in [-0.39, 0.29) is 0 Å². The second-order valence-corrected chi connectivity index (χ2v) is 12.3. The fourth-order valence-electron chi connectivity index (χ4n) is 6.21. The molecule has 224 valence electrons. The molecule has 0 aromatic heterocycles. The number of rotatable bonds is 27. The maximum Gasteiger partial charge on any atom is 0.105 e. The second kappa shape index (κ2) is 24.4. The Hall–Kier alpha value is -1.44. The van der Waals surface area contributed by atoms with Crippen LogP contribution < -0.4 is 4.90 Å². The molecule has 0 saturated carbocycles. The number of hydrogen-bond donors (Lipinski definition) is 0. The van der Waals surface area contributed by atoms with Crippen molar-refractivity contribution in [2.75, 3.05) is 11.4 Å². The lowest BCUT2D eigenvalue weighted by Gasteiger charge is -2.33. The lowest BCUT2D eigenvalue weighted by Crippen LogP contribution is -2.39. The molecule has 0 bridgehead atoms. The van der Waals surface area contributed by atoms with Crippen LogP contribution in [0.5, 0.6) is 0 Å². The van der Waals surface area contributed by atoms with E-state index in [1.54, 1.807) is 0 Å². The minimum atomic E-state index is 0.504. The van der Waals surface area contributed by atoms with Gasteiger partial charge in [-0.05, 0) is 31.4 Å². The van der Waals surface area contributed by atoms with Crippen molar-refractivity contribution in [3.63, 3.8) is 0 Å². The summed E-state index contributed by atoms with van der Waals surface area (Å²) >= 11 is 0. The van der Waals surface area contributed by atoms with E-state index in [1.165, 1.54) is 173 Å². The molecule has 1 aromatic carbocycles. The van der Waals surface area contributed by atoms with Gasteiger partial charge in [0, 0.05) is 24.6 Å². The molecule has 0 radical (unpaired) electrons. The monoisotopic (exact) mass is 539 g/mol. The van der Waals surface area contributed by atoms with E-state index < -0.39 is 0 Å². The van der Waals surface area contributed by atoms with Crippen molar-refractivity contribution < 1.29 is 0 Å². The van der Waals surface area contributed by atoms with E-state index in [1.807, 2.05) is 0 Å². The molecular formula is C37H66N2. The molecule has 1 aliphatic rings. The lowest BCUT2D eigenvalue weighted by molar-refractivity contribution is 0.273. The highest BCUT2D eigenvalue weighted by molar-refractivity contribution is 5.51. The molecule has 1 aliphatic heterocycles. The molecule has 2 nitrogen and oxygen atoms in total. The summed E-state index contributed by atoms with van der Waals surface area (Å²) in [7, 11) is 0. The summed E-state index contributed by atoms with van der Waals surface area (Å²) in [5.74, 6) is 0. The first-order chi connectivity index (χ1) is 19.4. The van der Waals surface area contributed by atoms with E-state index in [2.05, 4.69) is 66.4 Å². The first kappa shape index (κ1) is 33.8. The number of anilines is 1. The van der Waals surface area contributed by atoms with Crippen LogP contribution >= 0.6 is 0 Å². The van der Waals surface area contributed by atoms with Gasteiger partial charge in [-0.3, -0.25) is 0 Å². The largest absolute Gasteiger partial charge is 0.356 e. The number of unbranched alkanes of at least 4 members (excludes halogenated alkanes) is 22. The molecule has 0 aliphatic carbocycles. The van der Waals surface area contributed by atoms with Crippen molar-refractivity contribution in [1.29, 1.82) is 0 Å². The molecule has 1 unspecified atom stereocenters. The Kier molecular flexibility index (Phi) is 21.1. The maximum atomic E-state index is 2.63. The Morgan fingerprint density at radius 1 is 0.462 bits per heavy atom. The first-order valence-corrected chi connectivity index (χ1v) is 17.6. The number of hydrogen-bond acceptors (Lipinski definition) is 2. The fourth-order valence-corrected chi connectivity index (χ4v) is 6.21. The highest BCUT2D eigenvalue weighted by atomic mass is 15.4. The topological polar surface area (TPSA) is 6.48 Å². The summed E-state index contributed by atoms with van der Waals surface area (Å²) in [6.45, 7) is 5.81. The van der Waals surface area contributed by atoms with Gasteiger partial charge in [0.25, 0.3) is 0 Å². The molecule has 1 atom stereocenters. The van der Waals surface area contributed by atoms with Gasteiger partial charge in [-0.2, -0.15) is 0 Å². The molecule has 0 amide bonds. The third-order valence-electron chi connectivity index (χ3n) is 8.76. The molecular weight excluding hydrogens is 472 g/mol. The molecule has 1 heterocycles. The normalized spacial score (nSPS) is 15.1. The fraction of sp³-hybridized carbons (Fsp3) is 0.784. The summed E-state index contributed by atoms with van der Waals surface area (Å²) in [5.41, 5.74) is 1.34. The minimum Gasteiger partial charge on any atom is -0.356 e. The van der Waals surface area contributed by atoms with Gasteiger partial charge in [0.2, 0.25) is 0 Å². The standard InChI is InChI=1S/C37H66N2/c1-3-5-7-9-11-12-13-14-15-16-17-18-19-20-21-23-28-32-37-38(33-29-24-22-10-8-6-4-2)34-35-39(37)36-30-26-25-27-31-36/h25-27,30-31,34-35,37H,3-24,28-29,32-33H2,1-2H3. The van der Waals surface area contributed by atoms with E-state index >= 15 is 0 Å². The van der Waals surface area contributed by atoms with Crippen molar-refractivity contribution in [2.24, 2.45) is 0 Å².